The van der Waals surface area contributed by atoms with Gasteiger partial charge in [-0.05, 0) is 37.2 Å². The van der Waals surface area contributed by atoms with Crippen molar-refractivity contribution >= 4 is 11.9 Å². The Morgan fingerprint density at radius 3 is 2.67 bits per heavy atom. The Morgan fingerprint density at radius 2 is 2.00 bits per heavy atom. The van der Waals surface area contributed by atoms with E-state index in [9.17, 15) is 14.7 Å². The van der Waals surface area contributed by atoms with Crippen molar-refractivity contribution in [2.75, 3.05) is 6.54 Å². The van der Waals surface area contributed by atoms with Gasteiger partial charge in [-0.15, -0.1) is 0 Å². The molecule has 2 atom stereocenters. The van der Waals surface area contributed by atoms with Crippen LogP contribution in [0, 0.1) is 5.92 Å². The second-order valence-electron chi connectivity index (χ2n) is 6.78. The number of ether oxygens (including phenoxy) is 1. The summed E-state index contributed by atoms with van der Waals surface area (Å²) in [5, 5.41) is 9.96. The lowest BCUT2D eigenvalue weighted by Gasteiger charge is -2.31. The second kappa shape index (κ2) is 8.83. The van der Waals surface area contributed by atoms with Crippen LogP contribution in [0.3, 0.4) is 0 Å². The van der Waals surface area contributed by atoms with Crippen LogP contribution < -0.4 is 0 Å². The van der Waals surface area contributed by atoms with E-state index in [0.717, 1.165) is 18.4 Å². The monoisotopic (exact) mass is 333 g/mol. The van der Waals surface area contributed by atoms with Crippen LogP contribution in [-0.4, -0.2) is 40.6 Å². The van der Waals surface area contributed by atoms with Gasteiger partial charge in [0.25, 0.3) is 5.91 Å². The van der Waals surface area contributed by atoms with E-state index in [1.165, 1.54) is 4.90 Å². The average molecular weight is 333 g/mol. The third-order valence-corrected chi connectivity index (χ3v) is 4.26. The first-order valence-corrected chi connectivity index (χ1v) is 8.68. The number of hydrogen-bond acceptors (Lipinski definition) is 4. The van der Waals surface area contributed by atoms with Crippen molar-refractivity contribution in [3.8, 4) is 0 Å². The maximum absolute atomic E-state index is 12.6. The molecule has 1 N–H and O–H groups in total. The van der Waals surface area contributed by atoms with Gasteiger partial charge in [0.15, 0.2) is 0 Å². The van der Waals surface area contributed by atoms with Crippen molar-refractivity contribution in [1.29, 1.82) is 0 Å². The molecule has 1 saturated heterocycles. The highest BCUT2D eigenvalue weighted by Crippen LogP contribution is 2.20. The number of rotatable bonds is 6. The van der Waals surface area contributed by atoms with Crippen LogP contribution in [0.25, 0.3) is 0 Å². The largest absolute Gasteiger partial charge is 0.459 e. The van der Waals surface area contributed by atoms with Crippen LogP contribution in [0.4, 0.5) is 0 Å². The number of benzene rings is 1. The fraction of sp³-hybridized carbons (Fsp3) is 0.579. The lowest BCUT2D eigenvalue weighted by atomic mass is 10.0. The van der Waals surface area contributed by atoms with Gasteiger partial charge in [-0.3, -0.25) is 4.79 Å². The van der Waals surface area contributed by atoms with Gasteiger partial charge in [0.05, 0.1) is 0 Å². The quantitative estimate of drug-likeness (QED) is 0.812. The van der Waals surface area contributed by atoms with Gasteiger partial charge >= 0.3 is 5.97 Å². The van der Waals surface area contributed by atoms with Gasteiger partial charge in [-0.2, -0.15) is 0 Å². The van der Waals surface area contributed by atoms with Gasteiger partial charge < -0.3 is 14.7 Å². The summed E-state index contributed by atoms with van der Waals surface area (Å²) in [5.74, 6) is -0.503. The molecule has 24 heavy (non-hydrogen) atoms. The molecule has 0 aromatic heterocycles. The number of carbonyl (C=O) groups excluding carboxylic acids is 2. The van der Waals surface area contributed by atoms with Crippen LogP contribution in [0.5, 0.6) is 0 Å². The van der Waals surface area contributed by atoms with Gasteiger partial charge in [0, 0.05) is 6.54 Å². The zero-order valence-corrected chi connectivity index (χ0v) is 14.5. The molecule has 0 bridgehead atoms. The number of carbonyl (C=O) groups is 2. The Morgan fingerprint density at radius 1 is 1.29 bits per heavy atom. The summed E-state index contributed by atoms with van der Waals surface area (Å²) in [6, 6.07) is 8.85. The molecule has 5 heteroatoms. The Hall–Kier alpha value is -1.88. The van der Waals surface area contributed by atoms with Crippen molar-refractivity contribution in [1.82, 2.24) is 4.90 Å². The summed E-state index contributed by atoms with van der Waals surface area (Å²) in [7, 11) is 0. The standard InChI is InChI=1S/C19H27NO4/c1-14(2)12-16(20-11-7-6-10-17(21)18(20)22)19(23)24-13-15-8-4-3-5-9-15/h3-5,8-9,14,16-17,21H,6-7,10-13H2,1-2H3/t16-,17+/m0/s1. The van der Waals surface area contributed by atoms with Gasteiger partial charge in [-0.1, -0.05) is 44.2 Å². The Kier molecular flexibility index (Phi) is 6.79. The summed E-state index contributed by atoms with van der Waals surface area (Å²) in [5.41, 5.74) is 0.913. The zero-order valence-electron chi connectivity index (χ0n) is 14.5. The van der Waals surface area contributed by atoms with Crippen LogP contribution in [-0.2, 0) is 20.9 Å². The van der Waals surface area contributed by atoms with Crippen molar-refractivity contribution in [3.05, 3.63) is 35.9 Å². The number of esters is 1. The molecule has 5 nitrogen and oxygen atoms in total. The molecule has 0 spiro atoms. The minimum absolute atomic E-state index is 0.193. The molecule has 132 valence electrons. The predicted octanol–water partition coefficient (Wildman–Crippen LogP) is 2.52. The number of likely N-dealkylation sites (tertiary alicyclic amines) is 1. The number of nitrogens with zero attached hydrogens (tertiary/aromatic N) is 1. The van der Waals surface area contributed by atoms with Crippen molar-refractivity contribution in [2.24, 2.45) is 5.92 Å². The summed E-state index contributed by atoms with van der Waals surface area (Å²) in [6.07, 6.45) is 1.57. The Bertz CT molecular complexity index is 544. The highest BCUT2D eigenvalue weighted by Gasteiger charge is 2.35. The van der Waals surface area contributed by atoms with E-state index in [4.69, 9.17) is 4.74 Å². The predicted molar refractivity (Wildman–Crippen MR) is 91.1 cm³/mol. The highest BCUT2D eigenvalue weighted by molar-refractivity contribution is 5.87. The van der Waals surface area contributed by atoms with Gasteiger partial charge in [0.2, 0.25) is 0 Å². The average Bonchev–Trinajstić information content (AvgIpc) is 2.73. The topological polar surface area (TPSA) is 66.8 Å². The first-order valence-electron chi connectivity index (χ1n) is 8.68. The fourth-order valence-electron chi connectivity index (χ4n) is 2.98. The maximum Gasteiger partial charge on any atom is 0.329 e. The van der Waals surface area contributed by atoms with E-state index in [-0.39, 0.29) is 18.4 Å². The molecule has 0 radical (unpaired) electrons. The van der Waals surface area contributed by atoms with E-state index in [1.54, 1.807) is 0 Å². The molecule has 1 fully saturated rings. The molecule has 1 heterocycles. The number of aliphatic hydroxyl groups excluding tert-OH is 1. The summed E-state index contributed by atoms with van der Waals surface area (Å²) < 4.78 is 5.45. The third kappa shape index (κ3) is 5.06. The molecule has 1 aromatic carbocycles. The summed E-state index contributed by atoms with van der Waals surface area (Å²) in [4.78, 5) is 26.6. The summed E-state index contributed by atoms with van der Waals surface area (Å²) >= 11 is 0. The lowest BCUT2D eigenvalue weighted by Crippen LogP contribution is -2.49. The van der Waals surface area contributed by atoms with Gasteiger partial charge in [0.1, 0.15) is 18.8 Å². The van der Waals surface area contributed by atoms with E-state index in [2.05, 4.69) is 0 Å². The number of amides is 1. The SMILES string of the molecule is CC(C)C[C@@H](C(=O)OCc1ccccc1)N1CCCC[C@@H](O)C1=O. The first kappa shape index (κ1) is 18.5. The van der Waals surface area contributed by atoms with Crippen LogP contribution in [0.1, 0.15) is 45.1 Å². The molecule has 1 aliphatic rings. The zero-order chi connectivity index (χ0) is 17.5. The smallest absolute Gasteiger partial charge is 0.329 e. The van der Waals surface area contributed by atoms with Crippen molar-refractivity contribution in [3.63, 3.8) is 0 Å². The second-order valence-corrected chi connectivity index (χ2v) is 6.78. The third-order valence-electron chi connectivity index (χ3n) is 4.26. The molecular formula is C19H27NO4. The van der Waals surface area contributed by atoms with Crippen molar-refractivity contribution < 1.29 is 19.4 Å². The van der Waals surface area contributed by atoms with Gasteiger partial charge in [-0.25, -0.2) is 4.79 Å². The van der Waals surface area contributed by atoms with Crippen LogP contribution in [0.2, 0.25) is 0 Å². The maximum atomic E-state index is 12.6. The van der Waals surface area contributed by atoms with E-state index >= 15 is 0 Å². The Labute approximate surface area is 143 Å². The van der Waals surface area contributed by atoms with Crippen molar-refractivity contribution in [2.45, 2.75) is 58.3 Å². The van der Waals surface area contributed by atoms with E-state index in [1.807, 2.05) is 44.2 Å². The molecule has 0 aliphatic carbocycles. The molecule has 0 saturated carbocycles. The normalized spacial score (nSPS) is 19.9. The van der Waals surface area contributed by atoms with E-state index < -0.39 is 18.1 Å². The Balaban J connectivity index is 2.08. The van der Waals surface area contributed by atoms with E-state index in [0.29, 0.717) is 19.4 Å². The molecular weight excluding hydrogens is 306 g/mol. The van der Waals surface area contributed by atoms with Crippen LogP contribution >= 0.6 is 0 Å². The molecule has 0 unspecified atom stereocenters. The molecule has 1 amide bonds. The highest BCUT2D eigenvalue weighted by atomic mass is 16.5. The number of aliphatic hydroxyl groups is 1. The summed E-state index contributed by atoms with van der Waals surface area (Å²) in [6.45, 7) is 4.71. The minimum Gasteiger partial charge on any atom is -0.459 e. The molecule has 1 aromatic rings. The molecule has 2 rings (SSSR count). The van der Waals surface area contributed by atoms with Crippen LogP contribution in [0.15, 0.2) is 30.3 Å². The first-order chi connectivity index (χ1) is 11.5. The minimum atomic E-state index is -1.01. The molecule has 1 aliphatic heterocycles. The fourth-order valence-corrected chi connectivity index (χ4v) is 2.98. The lowest BCUT2D eigenvalue weighted by molar-refractivity contribution is -0.159. The number of hydrogen-bond donors (Lipinski definition) is 1.